The summed E-state index contributed by atoms with van der Waals surface area (Å²) >= 11 is 0. The van der Waals surface area contributed by atoms with Crippen LogP contribution in [0.15, 0.2) is 24.3 Å². The Labute approximate surface area is 119 Å². The molecule has 0 aliphatic rings. The van der Waals surface area contributed by atoms with Crippen molar-refractivity contribution in [2.45, 2.75) is 19.8 Å². The van der Waals surface area contributed by atoms with Gasteiger partial charge in [-0.2, -0.15) is 4.98 Å². The number of aromatic nitrogens is 2. The van der Waals surface area contributed by atoms with Crippen LogP contribution in [0.2, 0.25) is 0 Å². The zero-order valence-corrected chi connectivity index (χ0v) is 11.2. The molecule has 0 amide bonds. The number of hydrogen-bond donors (Lipinski definition) is 1. The molecule has 0 saturated carbocycles. The van der Waals surface area contributed by atoms with Gasteiger partial charge >= 0.3 is 0 Å². The second-order valence-corrected chi connectivity index (χ2v) is 4.27. The summed E-state index contributed by atoms with van der Waals surface area (Å²) in [6.45, 7) is 1.96. The Morgan fingerprint density at radius 2 is 2.14 bits per heavy atom. The van der Waals surface area contributed by atoms with Gasteiger partial charge in [0.15, 0.2) is 11.6 Å². The molecule has 110 valence electrons. The number of nitro benzene ring substituents is 1. The van der Waals surface area contributed by atoms with Crippen LogP contribution in [0.4, 0.5) is 15.9 Å². The zero-order valence-electron chi connectivity index (χ0n) is 11.2. The average Bonchev–Trinajstić information content (AvgIpc) is 2.40. The van der Waals surface area contributed by atoms with Crippen molar-refractivity contribution in [2.75, 3.05) is 5.73 Å². The van der Waals surface area contributed by atoms with Gasteiger partial charge in [0.1, 0.15) is 11.6 Å². The third-order valence-corrected chi connectivity index (χ3v) is 2.58. The second kappa shape index (κ2) is 6.12. The Morgan fingerprint density at radius 3 is 2.76 bits per heavy atom. The number of anilines is 1. The zero-order chi connectivity index (χ0) is 15.4. The monoisotopic (exact) mass is 292 g/mol. The Morgan fingerprint density at radius 1 is 1.38 bits per heavy atom. The number of nitro groups is 1. The molecule has 0 aliphatic carbocycles. The maximum atomic E-state index is 13.7. The Balaban J connectivity index is 2.27. The normalized spacial score (nSPS) is 10.4. The van der Waals surface area contributed by atoms with Crippen LogP contribution >= 0.6 is 0 Å². The molecule has 1 aromatic carbocycles. The number of halogens is 1. The highest BCUT2D eigenvalue weighted by Crippen LogP contribution is 2.27. The maximum absolute atomic E-state index is 13.7. The molecule has 2 rings (SSSR count). The van der Waals surface area contributed by atoms with Gasteiger partial charge in [-0.15, -0.1) is 0 Å². The molecule has 0 spiro atoms. The van der Waals surface area contributed by atoms with Gasteiger partial charge < -0.3 is 10.5 Å². The first kappa shape index (κ1) is 14.6. The van der Waals surface area contributed by atoms with E-state index in [-0.39, 0.29) is 23.1 Å². The van der Waals surface area contributed by atoms with Crippen LogP contribution in [0.1, 0.15) is 19.2 Å². The van der Waals surface area contributed by atoms with Crippen LogP contribution in [-0.2, 0) is 6.42 Å². The number of hydrogen-bond acceptors (Lipinski definition) is 6. The molecular weight excluding hydrogens is 279 g/mol. The standard InChI is InChI=1S/C13H13FN4O3/c1-2-3-12-16-11(15)7-13(17-12)21-10-5-4-8(18(19)20)6-9(10)14/h4-7H,2-3H2,1H3,(H2,15,16,17). The van der Waals surface area contributed by atoms with E-state index in [1.807, 2.05) is 6.92 Å². The van der Waals surface area contributed by atoms with E-state index >= 15 is 0 Å². The third kappa shape index (κ3) is 3.62. The lowest BCUT2D eigenvalue weighted by atomic mass is 10.3. The predicted octanol–water partition coefficient (Wildman–Crippen LogP) is 2.85. The molecule has 2 aromatic rings. The van der Waals surface area contributed by atoms with Gasteiger partial charge in [-0.3, -0.25) is 10.1 Å². The summed E-state index contributed by atoms with van der Waals surface area (Å²) < 4.78 is 19.0. The van der Waals surface area contributed by atoms with E-state index in [1.165, 1.54) is 12.1 Å². The highest BCUT2D eigenvalue weighted by atomic mass is 19.1. The fourth-order valence-electron chi connectivity index (χ4n) is 1.68. The van der Waals surface area contributed by atoms with Gasteiger partial charge in [-0.05, 0) is 12.5 Å². The van der Waals surface area contributed by atoms with E-state index in [0.717, 1.165) is 18.6 Å². The summed E-state index contributed by atoms with van der Waals surface area (Å²) in [6.07, 6.45) is 1.44. The number of rotatable bonds is 5. The van der Waals surface area contributed by atoms with Crippen LogP contribution in [0, 0.1) is 15.9 Å². The van der Waals surface area contributed by atoms with Crippen molar-refractivity contribution < 1.29 is 14.1 Å². The third-order valence-electron chi connectivity index (χ3n) is 2.58. The van der Waals surface area contributed by atoms with Gasteiger partial charge in [0, 0.05) is 18.6 Å². The molecule has 21 heavy (non-hydrogen) atoms. The van der Waals surface area contributed by atoms with Crippen molar-refractivity contribution in [1.82, 2.24) is 9.97 Å². The van der Waals surface area contributed by atoms with Crippen LogP contribution in [0.25, 0.3) is 0 Å². The summed E-state index contributed by atoms with van der Waals surface area (Å²) in [7, 11) is 0. The molecule has 0 aliphatic heterocycles. The van der Waals surface area contributed by atoms with Crippen molar-refractivity contribution in [1.29, 1.82) is 0 Å². The van der Waals surface area contributed by atoms with E-state index in [9.17, 15) is 14.5 Å². The van der Waals surface area contributed by atoms with Crippen LogP contribution in [-0.4, -0.2) is 14.9 Å². The minimum Gasteiger partial charge on any atom is -0.436 e. The smallest absolute Gasteiger partial charge is 0.272 e. The fourth-order valence-corrected chi connectivity index (χ4v) is 1.68. The van der Waals surface area contributed by atoms with Crippen LogP contribution < -0.4 is 10.5 Å². The first-order valence-corrected chi connectivity index (χ1v) is 6.25. The summed E-state index contributed by atoms with van der Waals surface area (Å²) in [4.78, 5) is 18.0. The van der Waals surface area contributed by atoms with Crippen molar-refractivity contribution in [3.05, 3.63) is 46.0 Å². The number of ether oxygens (including phenoxy) is 1. The molecule has 0 radical (unpaired) electrons. The van der Waals surface area contributed by atoms with Crippen molar-refractivity contribution in [2.24, 2.45) is 0 Å². The Hall–Kier alpha value is -2.77. The number of nitrogen functional groups attached to an aromatic ring is 1. The van der Waals surface area contributed by atoms with Gasteiger partial charge in [0.25, 0.3) is 5.69 Å². The molecule has 1 aromatic heterocycles. The molecule has 0 saturated heterocycles. The van der Waals surface area contributed by atoms with E-state index < -0.39 is 10.7 Å². The predicted molar refractivity (Wildman–Crippen MR) is 73.6 cm³/mol. The van der Waals surface area contributed by atoms with E-state index in [0.29, 0.717) is 12.2 Å². The SMILES string of the molecule is CCCc1nc(N)cc(Oc2ccc([N+](=O)[O-])cc2F)n1. The van der Waals surface area contributed by atoms with Crippen molar-refractivity contribution in [3.8, 4) is 11.6 Å². The lowest BCUT2D eigenvalue weighted by Gasteiger charge is -2.08. The first-order valence-electron chi connectivity index (χ1n) is 6.25. The average molecular weight is 292 g/mol. The summed E-state index contributed by atoms with van der Waals surface area (Å²) in [6, 6.07) is 4.47. The minimum absolute atomic E-state index is 0.0960. The second-order valence-electron chi connectivity index (χ2n) is 4.27. The molecule has 8 heteroatoms. The topological polar surface area (TPSA) is 104 Å². The number of benzene rings is 1. The molecular formula is C13H13FN4O3. The van der Waals surface area contributed by atoms with Crippen LogP contribution in [0.5, 0.6) is 11.6 Å². The summed E-state index contributed by atoms with van der Waals surface area (Å²) in [5, 5.41) is 10.5. The fraction of sp³-hybridized carbons (Fsp3) is 0.231. The molecule has 7 nitrogen and oxygen atoms in total. The molecule has 0 unspecified atom stereocenters. The van der Waals surface area contributed by atoms with E-state index in [2.05, 4.69) is 9.97 Å². The molecule has 0 fully saturated rings. The highest BCUT2D eigenvalue weighted by molar-refractivity contribution is 5.40. The number of nitrogens with zero attached hydrogens (tertiary/aromatic N) is 3. The largest absolute Gasteiger partial charge is 0.436 e. The molecule has 2 N–H and O–H groups in total. The number of nitrogens with two attached hydrogens (primary N) is 1. The highest BCUT2D eigenvalue weighted by Gasteiger charge is 2.13. The molecule has 0 bridgehead atoms. The number of non-ortho nitro benzene ring substituents is 1. The van der Waals surface area contributed by atoms with E-state index in [1.54, 1.807) is 0 Å². The maximum Gasteiger partial charge on any atom is 0.272 e. The van der Waals surface area contributed by atoms with Crippen molar-refractivity contribution >= 4 is 11.5 Å². The quantitative estimate of drug-likeness (QED) is 0.671. The minimum atomic E-state index is -0.849. The van der Waals surface area contributed by atoms with Gasteiger partial charge in [0.2, 0.25) is 5.88 Å². The van der Waals surface area contributed by atoms with Crippen molar-refractivity contribution in [3.63, 3.8) is 0 Å². The van der Waals surface area contributed by atoms with Crippen LogP contribution in [0.3, 0.4) is 0 Å². The summed E-state index contributed by atoms with van der Waals surface area (Å²) in [5.74, 6) is -0.209. The Bertz CT molecular complexity index is 678. The van der Waals surface area contributed by atoms with Gasteiger partial charge in [0.05, 0.1) is 11.0 Å². The lowest BCUT2D eigenvalue weighted by molar-refractivity contribution is -0.385. The summed E-state index contributed by atoms with van der Waals surface area (Å²) in [5.41, 5.74) is 5.28. The Kier molecular flexibility index (Phi) is 4.27. The molecule has 0 atom stereocenters. The lowest BCUT2D eigenvalue weighted by Crippen LogP contribution is -2.02. The molecule has 1 heterocycles. The van der Waals surface area contributed by atoms with E-state index in [4.69, 9.17) is 10.5 Å². The van der Waals surface area contributed by atoms with Gasteiger partial charge in [-0.25, -0.2) is 9.37 Å². The number of aryl methyl sites for hydroxylation is 1. The first-order chi connectivity index (χ1) is 9.99. The van der Waals surface area contributed by atoms with Gasteiger partial charge in [-0.1, -0.05) is 6.92 Å².